The second-order valence-corrected chi connectivity index (χ2v) is 3.60. The topological polar surface area (TPSA) is 39.9 Å². The predicted molar refractivity (Wildman–Crippen MR) is 59.2 cm³/mol. The molecule has 0 atom stereocenters. The zero-order valence-electron chi connectivity index (χ0n) is 9.53. The average molecular weight is 205 g/mol. The first-order valence-electron chi connectivity index (χ1n) is 5.06. The van der Waals surface area contributed by atoms with E-state index in [2.05, 4.69) is 28.6 Å². The van der Waals surface area contributed by atoms with Crippen LogP contribution in [0.3, 0.4) is 0 Å². The monoisotopic (exact) mass is 205 g/mol. The molecule has 2 heterocycles. The van der Waals surface area contributed by atoms with Crippen LogP contribution in [-0.2, 0) is 7.05 Å². The van der Waals surface area contributed by atoms with Crippen molar-refractivity contribution in [3.63, 3.8) is 0 Å². The molecule has 0 amide bonds. The Bertz CT molecular complexity index is 502. The highest BCUT2D eigenvalue weighted by atomic mass is 16.5. The molecule has 0 radical (unpaired) electrons. The van der Waals surface area contributed by atoms with Gasteiger partial charge in [0.2, 0.25) is 5.88 Å². The number of hydrogen-bond acceptors (Lipinski definition) is 3. The van der Waals surface area contributed by atoms with Crippen LogP contribution in [0.25, 0.3) is 10.8 Å². The summed E-state index contributed by atoms with van der Waals surface area (Å²) >= 11 is 0. The molecule has 0 aliphatic carbocycles. The summed E-state index contributed by atoms with van der Waals surface area (Å²) in [5.41, 5.74) is 2.36. The molecule has 4 heteroatoms. The Morgan fingerprint density at radius 2 is 2.07 bits per heavy atom. The van der Waals surface area contributed by atoms with Crippen molar-refractivity contribution in [2.75, 3.05) is 6.61 Å². The molecule has 15 heavy (non-hydrogen) atoms. The van der Waals surface area contributed by atoms with Crippen molar-refractivity contribution < 1.29 is 4.74 Å². The van der Waals surface area contributed by atoms with Crippen LogP contribution in [0.15, 0.2) is 6.20 Å². The van der Waals surface area contributed by atoms with Gasteiger partial charge in [-0.3, -0.25) is 0 Å². The molecule has 0 aromatic carbocycles. The van der Waals surface area contributed by atoms with E-state index in [4.69, 9.17) is 4.74 Å². The molecule has 0 unspecified atom stereocenters. The molecule has 0 aliphatic heterocycles. The summed E-state index contributed by atoms with van der Waals surface area (Å²) in [6, 6.07) is 0. The number of nitrogens with zero attached hydrogens (tertiary/aromatic N) is 3. The molecule has 2 rings (SSSR count). The van der Waals surface area contributed by atoms with E-state index < -0.39 is 0 Å². The smallest absolute Gasteiger partial charge is 0.243 e. The summed E-state index contributed by atoms with van der Waals surface area (Å²) < 4.78 is 7.62. The van der Waals surface area contributed by atoms with Gasteiger partial charge in [0.15, 0.2) is 0 Å². The predicted octanol–water partition coefficient (Wildman–Crippen LogP) is 1.98. The number of rotatable bonds is 2. The highest BCUT2D eigenvalue weighted by Gasteiger charge is 2.14. The Labute approximate surface area is 88.9 Å². The molecular formula is C11H15N3O. The van der Waals surface area contributed by atoms with Crippen LogP contribution >= 0.6 is 0 Å². The highest BCUT2D eigenvalue weighted by Crippen LogP contribution is 2.29. The van der Waals surface area contributed by atoms with Gasteiger partial charge in [0.05, 0.1) is 18.2 Å². The fourth-order valence-electron chi connectivity index (χ4n) is 1.83. The first kappa shape index (κ1) is 9.96. The first-order valence-corrected chi connectivity index (χ1v) is 5.06. The highest BCUT2D eigenvalue weighted by molar-refractivity contribution is 5.91. The van der Waals surface area contributed by atoms with E-state index in [1.807, 2.05) is 14.0 Å². The molecule has 2 aromatic rings. The third kappa shape index (κ3) is 1.37. The molecule has 0 N–H and O–H groups in total. The Balaban J connectivity index is 2.79. The van der Waals surface area contributed by atoms with Gasteiger partial charge in [-0.25, -0.2) is 0 Å². The Morgan fingerprint density at radius 3 is 2.73 bits per heavy atom. The zero-order chi connectivity index (χ0) is 11.0. The summed E-state index contributed by atoms with van der Waals surface area (Å²) in [6.45, 7) is 6.71. The van der Waals surface area contributed by atoms with Gasteiger partial charge >= 0.3 is 0 Å². The third-order valence-corrected chi connectivity index (χ3v) is 2.86. The maximum Gasteiger partial charge on any atom is 0.243 e. The molecule has 0 saturated heterocycles. The second kappa shape index (κ2) is 3.53. The standard InChI is InChI=1S/C11H15N3O/c1-5-15-11-10-8(3)14(4)7(2)9(10)6-12-13-11/h6H,5H2,1-4H3. The number of fused-ring (bicyclic) bond motifs is 1. The van der Waals surface area contributed by atoms with E-state index in [9.17, 15) is 0 Å². The van der Waals surface area contributed by atoms with Gasteiger partial charge in [0.1, 0.15) is 0 Å². The van der Waals surface area contributed by atoms with Crippen molar-refractivity contribution in [2.24, 2.45) is 7.05 Å². The maximum atomic E-state index is 5.48. The normalized spacial score (nSPS) is 10.9. The van der Waals surface area contributed by atoms with Gasteiger partial charge < -0.3 is 9.30 Å². The molecule has 0 bridgehead atoms. The largest absolute Gasteiger partial charge is 0.476 e. The summed E-state index contributed by atoms with van der Waals surface area (Å²) in [6.07, 6.45) is 1.79. The third-order valence-electron chi connectivity index (χ3n) is 2.86. The Morgan fingerprint density at radius 1 is 1.33 bits per heavy atom. The van der Waals surface area contributed by atoms with Crippen LogP contribution < -0.4 is 4.74 Å². The lowest BCUT2D eigenvalue weighted by atomic mass is 10.2. The van der Waals surface area contributed by atoms with Gasteiger partial charge in [-0.05, 0) is 20.8 Å². The van der Waals surface area contributed by atoms with Crippen LogP contribution in [0, 0.1) is 13.8 Å². The number of ether oxygens (including phenoxy) is 1. The maximum absolute atomic E-state index is 5.48. The van der Waals surface area contributed by atoms with Crippen LogP contribution in [0.5, 0.6) is 5.88 Å². The minimum absolute atomic E-state index is 0.612. The second-order valence-electron chi connectivity index (χ2n) is 3.60. The quantitative estimate of drug-likeness (QED) is 0.752. The van der Waals surface area contributed by atoms with Crippen molar-refractivity contribution in [2.45, 2.75) is 20.8 Å². The summed E-state index contributed by atoms with van der Waals surface area (Å²) in [7, 11) is 2.04. The van der Waals surface area contributed by atoms with E-state index in [0.29, 0.717) is 12.5 Å². The zero-order valence-corrected chi connectivity index (χ0v) is 9.53. The lowest BCUT2D eigenvalue weighted by Crippen LogP contribution is -1.97. The van der Waals surface area contributed by atoms with E-state index in [-0.39, 0.29) is 0 Å². The molecular weight excluding hydrogens is 190 g/mol. The molecule has 0 spiro atoms. The van der Waals surface area contributed by atoms with Crippen molar-refractivity contribution in [1.82, 2.24) is 14.8 Å². The Kier molecular flexibility index (Phi) is 2.34. The lowest BCUT2D eigenvalue weighted by molar-refractivity contribution is 0.327. The van der Waals surface area contributed by atoms with Crippen molar-refractivity contribution in [3.8, 4) is 5.88 Å². The van der Waals surface area contributed by atoms with E-state index >= 15 is 0 Å². The minimum atomic E-state index is 0.612. The van der Waals surface area contributed by atoms with Crippen LogP contribution in [-0.4, -0.2) is 21.4 Å². The number of aryl methyl sites for hydroxylation is 2. The first-order chi connectivity index (χ1) is 7.16. The van der Waals surface area contributed by atoms with E-state index in [1.54, 1.807) is 6.20 Å². The Hall–Kier alpha value is -1.58. The summed E-state index contributed by atoms with van der Waals surface area (Å²) in [5, 5.41) is 10.2. The van der Waals surface area contributed by atoms with Crippen LogP contribution in [0.2, 0.25) is 0 Å². The molecule has 2 aromatic heterocycles. The fourth-order valence-corrected chi connectivity index (χ4v) is 1.83. The lowest BCUT2D eigenvalue weighted by Gasteiger charge is -2.02. The van der Waals surface area contributed by atoms with E-state index in [1.165, 1.54) is 11.4 Å². The van der Waals surface area contributed by atoms with Crippen LogP contribution in [0.1, 0.15) is 18.3 Å². The minimum Gasteiger partial charge on any atom is -0.476 e. The molecule has 0 aliphatic rings. The van der Waals surface area contributed by atoms with Gasteiger partial charge in [-0.1, -0.05) is 0 Å². The van der Waals surface area contributed by atoms with Crippen LogP contribution in [0.4, 0.5) is 0 Å². The van der Waals surface area contributed by atoms with Crippen molar-refractivity contribution in [1.29, 1.82) is 0 Å². The van der Waals surface area contributed by atoms with Gasteiger partial charge in [-0.2, -0.15) is 5.10 Å². The summed E-state index contributed by atoms with van der Waals surface area (Å²) in [4.78, 5) is 0. The fraction of sp³-hybridized carbons (Fsp3) is 0.455. The summed E-state index contributed by atoms with van der Waals surface area (Å²) in [5.74, 6) is 0.635. The van der Waals surface area contributed by atoms with Crippen molar-refractivity contribution in [3.05, 3.63) is 17.6 Å². The molecule has 4 nitrogen and oxygen atoms in total. The molecule has 80 valence electrons. The average Bonchev–Trinajstić information content (AvgIpc) is 2.46. The number of hydrogen-bond donors (Lipinski definition) is 0. The number of aromatic nitrogens is 3. The SMILES string of the molecule is CCOc1nncc2c(C)n(C)c(C)c12. The van der Waals surface area contributed by atoms with Gasteiger partial charge in [-0.15, -0.1) is 5.10 Å². The molecule has 0 fully saturated rings. The van der Waals surface area contributed by atoms with Gasteiger partial charge in [0, 0.05) is 23.8 Å². The van der Waals surface area contributed by atoms with Gasteiger partial charge in [0.25, 0.3) is 0 Å². The van der Waals surface area contributed by atoms with Crippen molar-refractivity contribution >= 4 is 10.8 Å². The molecule has 0 saturated carbocycles. The van der Waals surface area contributed by atoms with E-state index in [0.717, 1.165) is 10.8 Å².